The Balaban J connectivity index is 2.16. The molecule has 1 heterocycles. The van der Waals surface area contributed by atoms with Gasteiger partial charge in [0.1, 0.15) is 0 Å². The van der Waals surface area contributed by atoms with Crippen molar-refractivity contribution >= 4 is 21.6 Å². The van der Waals surface area contributed by atoms with Gasteiger partial charge in [-0.25, -0.2) is 0 Å². The molecule has 1 aromatic carbocycles. The van der Waals surface area contributed by atoms with E-state index in [0.717, 1.165) is 16.6 Å². The number of aromatic amines is 1. The zero-order chi connectivity index (χ0) is 11.4. The second kappa shape index (κ2) is 5.16. The van der Waals surface area contributed by atoms with E-state index in [2.05, 4.69) is 56.6 Å². The first-order valence-electron chi connectivity index (χ1n) is 5.30. The Hall–Kier alpha value is -1.29. The van der Waals surface area contributed by atoms with Crippen molar-refractivity contribution in [3.05, 3.63) is 46.7 Å². The molecular formula is C12H14BrN3. The largest absolute Gasteiger partial charge is 0.376 e. The van der Waals surface area contributed by atoms with Gasteiger partial charge in [0.25, 0.3) is 0 Å². The minimum Gasteiger partial charge on any atom is -0.376 e. The minimum absolute atomic E-state index is 0.315. The lowest BCUT2D eigenvalue weighted by Crippen LogP contribution is -2.08. The van der Waals surface area contributed by atoms with Crippen molar-refractivity contribution in [3.8, 4) is 0 Å². The van der Waals surface area contributed by atoms with E-state index in [1.165, 1.54) is 5.56 Å². The van der Waals surface area contributed by atoms with Crippen LogP contribution >= 0.6 is 15.9 Å². The minimum atomic E-state index is 0.315. The standard InChI is InChI=1S/C12H14BrN3/c1-2-12(16-11-7-14-15-8-11)9-4-3-5-10(13)6-9/h3-8,12,16H,2H2,1H3,(H,14,15). The van der Waals surface area contributed by atoms with Crippen LogP contribution in [-0.2, 0) is 0 Å². The molecule has 4 heteroatoms. The molecule has 3 nitrogen and oxygen atoms in total. The van der Waals surface area contributed by atoms with Crippen LogP contribution in [0.4, 0.5) is 5.69 Å². The molecule has 0 amide bonds. The van der Waals surface area contributed by atoms with E-state index in [9.17, 15) is 0 Å². The fourth-order valence-electron chi connectivity index (χ4n) is 1.68. The lowest BCUT2D eigenvalue weighted by molar-refractivity contribution is 0.749. The second-order valence-corrected chi connectivity index (χ2v) is 4.56. The molecule has 2 N–H and O–H groups in total. The van der Waals surface area contributed by atoms with Gasteiger partial charge in [-0.1, -0.05) is 35.0 Å². The van der Waals surface area contributed by atoms with Crippen molar-refractivity contribution in [1.29, 1.82) is 0 Å². The van der Waals surface area contributed by atoms with Crippen LogP contribution in [0.1, 0.15) is 24.9 Å². The van der Waals surface area contributed by atoms with Gasteiger partial charge < -0.3 is 5.32 Å². The SMILES string of the molecule is CCC(Nc1cn[nH]c1)c1cccc(Br)c1. The zero-order valence-corrected chi connectivity index (χ0v) is 10.7. The summed E-state index contributed by atoms with van der Waals surface area (Å²) >= 11 is 3.49. The highest BCUT2D eigenvalue weighted by molar-refractivity contribution is 9.10. The fraction of sp³-hybridized carbons (Fsp3) is 0.250. The molecule has 2 rings (SSSR count). The van der Waals surface area contributed by atoms with Crippen LogP contribution in [-0.4, -0.2) is 10.2 Å². The number of nitrogens with one attached hydrogen (secondary N) is 2. The Morgan fingerprint density at radius 2 is 2.38 bits per heavy atom. The Morgan fingerprint density at radius 3 is 3.00 bits per heavy atom. The second-order valence-electron chi connectivity index (χ2n) is 3.65. The van der Waals surface area contributed by atoms with E-state index in [0.29, 0.717) is 6.04 Å². The van der Waals surface area contributed by atoms with Gasteiger partial charge in [0.05, 0.1) is 17.9 Å². The highest BCUT2D eigenvalue weighted by atomic mass is 79.9. The number of benzene rings is 1. The molecule has 0 aliphatic heterocycles. The average Bonchev–Trinajstić information content (AvgIpc) is 2.78. The predicted octanol–water partition coefficient (Wildman–Crippen LogP) is 3.74. The fourth-order valence-corrected chi connectivity index (χ4v) is 2.09. The molecule has 0 radical (unpaired) electrons. The van der Waals surface area contributed by atoms with Gasteiger partial charge in [-0.05, 0) is 24.1 Å². The lowest BCUT2D eigenvalue weighted by Gasteiger charge is -2.17. The third-order valence-electron chi connectivity index (χ3n) is 2.50. The molecule has 1 unspecified atom stereocenters. The maximum atomic E-state index is 3.92. The van der Waals surface area contributed by atoms with Crippen molar-refractivity contribution in [1.82, 2.24) is 10.2 Å². The van der Waals surface area contributed by atoms with Gasteiger partial charge in [-0.15, -0.1) is 0 Å². The van der Waals surface area contributed by atoms with Gasteiger partial charge in [-0.2, -0.15) is 5.10 Å². The van der Waals surface area contributed by atoms with Crippen molar-refractivity contribution in [2.75, 3.05) is 5.32 Å². The molecule has 16 heavy (non-hydrogen) atoms. The Labute approximate surface area is 103 Å². The van der Waals surface area contributed by atoms with Crippen molar-refractivity contribution in [3.63, 3.8) is 0 Å². The molecule has 0 fully saturated rings. The number of nitrogens with zero attached hydrogens (tertiary/aromatic N) is 1. The number of hydrogen-bond acceptors (Lipinski definition) is 2. The third-order valence-corrected chi connectivity index (χ3v) is 2.99. The molecule has 1 atom stereocenters. The van der Waals surface area contributed by atoms with E-state index >= 15 is 0 Å². The highest BCUT2D eigenvalue weighted by Crippen LogP contribution is 2.24. The van der Waals surface area contributed by atoms with Crippen LogP contribution in [0.25, 0.3) is 0 Å². The first-order chi connectivity index (χ1) is 7.79. The summed E-state index contributed by atoms with van der Waals surface area (Å²) < 4.78 is 1.11. The van der Waals surface area contributed by atoms with Crippen molar-refractivity contribution in [2.45, 2.75) is 19.4 Å². The van der Waals surface area contributed by atoms with Gasteiger partial charge in [0, 0.05) is 10.7 Å². The number of halogens is 1. The van der Waals surface area contributed by atoms with Crippen LogP contribution in [0, 0.1) is 0 Å². The molecule has 0 aliphatic rings. The van der Waals surface area contributed by atoms with Crippen LogP contribution in [0.3, 0.4) is 0 Å². The van der Waals surface area contributed by atoms with Crippen LogP contribution in [0.2, 0.25) is 0 Å². The lowest BCUT2D eigenvalue weighted by atomic mass is 10.0. The average molecular weight is 280 g/mol. The summed E-state index contributed by atoms with van der Waals surface area (Å²) in [6.45, 7) is 2.17. The van der Waals surface area contributed by atoms with Gasteiger partial charge in [0.2, 0.25) is 0 Å². The Bertz CT molecular complexity index is 439. The molecule has 2 aromatic rings. The molecule has 0 saturated carbocycles. The summed E-state index contributed by atoms with van der Waals surface area (Å²) in [5, 5.41) is 10.2. The van der Waals surface area contributed by atoms with Gasteiger partial charge >= 0.3 is 0 Å². The van der Waals surface area contributed by atoms with Gasteiger partial charge in [-0.3, -0.25) is 5.10 Å². The molecule has 0 aliphatic carbocycles. The van der Waals surface area contributed by atoms with Crippen LogP contribution in [0.15, 0.2) is 41.1 Å². The zero-order valence-electron chi connectivity index (χ0n) is 9.07. The first-order valence-corrected chi connectivity index (χ1v) is 6.09. The summed E-state index contributed by atoms with van der Waals surface area (Å²) in [5.41, 5.74) is 2.30. The number of hydrogen-bond donors (Lipinski definition) is 2. The quantitative estimate of drug-likeness (QED) is 0.895. The topological polar surface area (TPSA) is 40.7 Å². The number of aromatic nitrogens is 2. The number of rotatable bonds is 4. The normalized spacial score (nSPS) is 12.4. The highest BCUT2D eigenvalue weighted by Gasteiger charge is 2.09. The summed E-state index contributed by atoms with van der Waals surface area (Å²) in [4.78, 5) is 0. The van der Waals surface area contributed by atoms with Crippen LogP contribution < -0.4 is 5.32 Å². The smallest absolute Gasteiger partial charge is 0.0728 e. The van der Waals surface area contributed by atoms with E-state index in [1.807, 2.05) is 12.3 Å². The maximum absolute atomic E-state index is 3.92. The van der Waals surface area contributed by atoms with E-state index in [4.69, 9.17) is 0 Å². The van der Waals surface area contributed by atoms with Crippen molar-refractivity contribution < 1.29 is 0 Å². The van der Waals surface area contributed by atoms with Crippen LogP contribution in [0.5, 0.6) is 0 Å². The van der Waals surface area contributed by atoms with E-state index in [1.54, 1.807) is 6.20 Å². The molecular weight excluding hydrogens is 266 g/mol. The Kier molecular flexibility index (Phi) is 3.62. The summed E-state index contributed by atoms with van der Waals surface area (Å²) in [6, 6.07) is 8.68. The van der Waals surface area contributed by atoms with E-state index < -0.39 is 0 Å². The first kappa shape index (κ1) is 11.2. The molecule has 84 valence electrons. The van der Waals surface area contributed by atoms with Gasteiger partial charge in [0.15, 0.2) is 0 Å². The summed E-state index contributed by atoms with van der Waals surface area (Å²) in [5.74, 6) is 0. The van der Waals surface area contributed by atoms with E-state index in [-0.39, 0.29) is 0 Å². The summed E-state index contributed by atoms with van der Waals surface area (Å²) in [7, 11) is 0. The molecule has 0 bridgehead atoms. The molecule has 1 aromatic heterocycles. The Morgan fingerprint density at radius 1 is 1.50 bits per heavy atom. The predicted molar refractivity (Wildman–Crippen MR) is 69.4 cm³/mol. The molecule has 0 saturated heterocycles. The summed E-state index contributed by atoms with van der Waals surface area (Å²) in [6.07, 6.45) is 4.68. The number of H-pyrrole nitrogens is 1. The third kappa shape index (κ3) is 2.64. The molecule has 0 spiro atoms. The monoisotopic (exact) mass is 279 g/mol. The maximum Gasteiger partial charge on any atom is 0.0728 e. The van der Waals surface area contributed by atoms with Crippen molar-refractivity contribution in [2.24, 2.45) is 0 Å². The number of anilines is 1.